The third kappa shape index (κ3) is 2.10. The molecule has 2 fully saturated rings. The highest BCUT2D eigenvalue weighted by atomic mass is 19.1. The highest BCUT2D eigenvalue weighted by Gasteiger charge is 2.69. The van der Waals surface area contributed by atoms with Gasteiger partial charge in [0.25, 0.3) is 0 Å². The van der Waals surface area contributed by atoms with Crippen molar-refractivity contribution < 1.29 is 23.8 Å². The molecule has 1 aromatic rings. The number of fused-ring (bicyclic) bond motifs is 1. The van der Waals surface area contributed by atoms with E-state index >= 15 is 0 Å². The van der Waals surface area contributed by atoms with Gasteiger partial charge in [0, 0.05) is 17.6 Å². The van der Waals surface area contributed by atoms with E-state index < -0.39 is 41.4 Å². The molecule has 5 atom stereocenters. The minimum atomic E-state index is -1.29. The van der Waals surface area contributed by atoms with Crippen molar-refractivity contribution in [2.75, 3.05) is 4.90 Å². The lowest BCUT2D eigenvalue weighted by Crippen LogP contribution is -2.46. The molecule has 4 rings (SSSR count). The van der Waals surface area contributed by atoms with E-state index in [9.17, 15) is 19.1 Å². The number of hydrogen-bond acceptors (Lipinski definition) is 4. The van der Waals surface area contributed by atoms with Gasteiger partial charge in [-0.1, -0.05) is 17.7 Å². The largest absolute Gasteiger partial charge is 0.550 e. The standard InChI is InChI=1S/C19H18FNO4/c1-10(2)9-14-19-8-7-13(25-19)15(18(23)24)16(19)17(22)21(14)12-5-3-11(20)4-6-12/h3-8,13-16H,1,9H2,2H3,(H,23,24)/p-1/t13-,14-,15-,16+,19+/m0/s1. The number of hydrogen-bond donors (Lipinski definition) is 0. The Morgan fingerprint density at radius 1 is 1.40 bits per heavy atom. The van der Waals surface area contributed by atoms with Crippen LogP contribution in [0.5, 0.6) is 0 Å². The van der Waals surface area contributed by atoms with Crippen LogP contribution in [0.25, 0.3) is 0 Å². The monoisotopic (exact) mass is 342 g/mol. The average molecular weight is 342 g/mol. The summed E-state index contributed by atoms with van der Waals surface area (Å²) in [6, 6.07) is 5.15. The molecule has 0 unspecified atom stereocenters. The summed E-state index contributed by atoms with van der Waals surface area (Å²) >= 11 is 0. The van der Waals surface area contributed by atoms with Crippen molar-refractivity contribution in [2.24, 2.45) is 11.8 Å². The first-order valence-corrected chi connectivity index (χ1v) is 8.16. The molecule has 0 saturated carbocycles. The Morgan fingerprint density at radius 3 is 2.68 bits per heavy atom. The van der Waals surface area contributed by atoms with Crippen molar-refractivity contribution in [3.63, 3.8) is 0 Å². The molecule has 3 heterocycles. The van der Waals surface area contributed by atoms with Crippen LogP contribution in [0.15, 0.2) is 48.6 Å². The van der Waals surface area contributed by atoms with Gasteiger partial charge in [-0.15, -0.1) is 6.58 Å². The Hall–Kier alpha value is -2.47. The maximum absolute atomic E-state index is 13.3. The summed E-state index contributed by atoms with van der Waals surface area (Å²) in [5.74, 6) is -3.89. The van der Waals surface area contributed by atoms with Crippen LogP contribution in [0.4, 0.5) is 10.1 Å². The second-order valence-electron chi connectivity index (χ2n) is 6.98. The minimum Gasteiger partial charge on any atom is -0.550 e. The van der Waals surface area contributed by atoms with Gasteiger partial charge in [-0.2, -0.15) is 0 Å². The molecular weight excluding hydrogens is 325 g/mol. The van der Waals surface area contributed by atoms with Crippen LogP contribution in [0, 0.1) is 17.7 Å². The summed E-state index contributed by atoms with van der Waals surface area (Å²) in [5, 5.41) is 11.6. The first kappa shape index (κ1) is 16.0. The molecule has 3 aliphatic rings. The molecule has 0 aliphatic carbocycles. The van der Waals surface area contributed by atoms with Crippen LogP contribution in [-0.2, 0) is 14.3 Å². The Morgan fingerprint density at radius 2 is 2.08 bits per heavy atom. The number of nitrogens with zero attached hydrogens (tertiary/aromatic N) is 1. The molecule has 3 aliphatic heterocycles. The van der Waals surface area contributed by atoms with Gasteiger partial charge in [0.2, 0.25) is 5.91 Å². The van der Waals surface area contributed by atoms with Gasteiger partial charge in [-0.05, 0) is 37.6 Å². The number of carboxylic acids is 1. The van der Waals surface area contributed by atoms with Crippen molar-refractivity contribution in [3.8, 4) is 0 Å². The Labute approximate surface area is 144 Å². The Balaban J connectivity index is 1.84. The zero-order valence-electron chi connectivity index (χ0n) is 13.6. The predicted octanol–water partition coefficient (Wildman–Crippen LogP) is 1.20. The van der Waals surface area contributed by atoms with Crippen LogP contribution in [0.3, 0.4) is 0 Å². The number of anilines is 1. The molecule has 130 valence electrons. The third-order valence-corrected chi connectivity index (χ3v) is 5.34. The van der Waals surface area contributed by atoms with Crippen molar-refractivity contribution in [2.45, 2.75) is 31.1 Å². The van der Waals surface area contributed by atoms with Gasteiger partial charge in [-0.25, -0.2) is 4.39 Å². The minimum absolute atomic E-state index is 0.334. The third-order valence-electron chi connectivity index (χ3n) is 5.34. The molecular formula is C19H17FNO4-. The first-order chi connectivity index (χ1) is 11.8. The van der Waals surface area contributed by atoms with Crippen molar-refractivity contribution >= 4 is 17.6 Å². The topological polar surface area (TPSA) is 69.7 Å². The number of amides is 1. The summed E-state index contributed by atoms with van der Waals surface area (Å²) < 4.78 is 19.3. The van der Waals surface area contributed by atoms with Crippen molar-refractivity contribution in [1.82, 2.24) is 0 Å². The van der Waals surface area contributed by atoms with Crippen LogP contribution in [0.1, 0.15) is 13.3 Å². The van der Waals surface area contributed by atoms with Gasteiger partial charge < -0.3 is 19.5 Å². The number of benzene rings is 1. The Kier molecular flexibility index (Phi) is 3.37. The lowest BCUT2D eigenvalue weighted by molar-refractivity contribution is -0.313. The maximum atomic E-state index is 13.3. The molecule has 0 N–H and O–H groups in total. The van der Waals surface area contributed by atoms with Gasteiger partial charge in [0.15, 0.2) is 0 Å². The summed E-state index contributed by atoms with van der Waals surface area (Å²) in [4.78, 5) is 26.3. The normalized spacial score (nSPS) is 35.3. The molecule has 1 aromatic carbocycles. The van der Waals surface area contributed by atoms with E-state index in [2.05, 4.69) is 6.58 Å². The average Bonchev–Trinajstić information content (AvgIpc) is 3.18. The van der Waals surface area contributed by atoms with E-state index in [0.717, 1.165) is 5.57 Å². The number of rotatable bonds is 4. The van der Waals surface area contributed by atoms with Gasteiger partial charge in [0.1, 0.15) is 11.4 Å². The fraction of sp³-hybridized carbons (Fsp3) is 0.368. The van der Waals surface area contributed by atoms with Gasteiger partial charge in [0.05, 0.1) is 18.1 Å². The van der Waals surface area contributed by atoms with E-state index in [1.807, 2.05) is 6.92 Å². The van der Waals surface area contributed by atoms with Gasteiger partial charge >= 0.3 is 0 Å². The molecule has 1 spiro atoms. The second kappa shape index (κ2) is 5.26. The van der Waals surface area contributed by atoms with Crippen LogP contribution in [0.2, 0.25) is 0 Å². The molecule has 5 nitrogen and oxygen atoms in total. The molecule has 1 amide bonds. The molecule has 25 heavy (non-hydrogen) atoms. The Bertz CT molecular complexity index is 802. The van der Waals surface area contributed by atoms with Crippen molar-refractivity contribution in [3.05, 3.63) is 54.4 Å². The SMILES string of the molecule is C=C(C)C[C@@H]1N(c2ccc(F)cc2)C(=O)[C@H]2[C@@H](C(=O)[O-])[C@@H]3C=C[C@@]12O3. The lowest BCUT2D eigenvalue weighted by Gasteiger charge is -2.33. The number of carboxylic acid groups (broad SMARTS) is 1. The summed E-state index contributed by atoms with van der Waals surface area (Å²) in [7, 11) is 0. The molecule has 0 aromatic heterocycles. The zero-order valence-corrected chi connectivity index (χ0v) is 13.6. The first-order valence-electron chi connectivity index (χ1n) is 8.16. The van der Waals surface area contributed by atoms with E-state index in [1.54, 1.807) is 12.2 Å². The quantitative estimate of drug-likeness (QED) is 0.771. The lowest BCUT2D eigenvalue weighted by atomic mass is 9.74. The molecule has 0 radical (unpaired) electrons. The van der Waals surface area contributed by atoms with E-state index in [1.165, 1.54) is 29.2 Å². The maximum Gasteiger partial charge on any atom is 0.234 e. The molecule has 6 heteroatoms. The predicted molar refractivity (Wildman–Crippen MR) is 85.8 cm³/mol. The smallest absolute Gasteiger partial charge is 0.234 e. The number of ether oxygens (including phenoxy) is 1. The zero-order chi connectivity index (χ0) is 17.9. The summed E-state index contributed by atoms with van der Waals surface area (Å²) in [6.07, 6.45) is 3.30. The highest BCUT2D eigenvalue weighted by molar-refractivity contribution is 6.03. The highest BCUT2D eigenvalue weighted by Crippen LogP contribution is 2.56. The summed E-state index contributed by atoms with van der Waals surface area (Å²) in [5.41, 5.74) is 0.344. The van der Waals surface area contributed by atoms with Crippen LogP contribution >= 0.6 is 0 Å². The number of aliphatic carboxylic acids is 1. The fourth-order valence-electron chi connectivity index (χ4n) is 4.41. The van der Waals surface area contributed by atoms with Crippen LogP contribution < -0.4 is 10.0 Å². The van der Waals surface area contributed by atoms with E-state index in [4.69, 9.17) is 4.74 Å². The van der Waals surface area contributed by atoms with Crippen molar-refractivity contribution in [1.29, 1.82) is 0 Å². The fourth-order valence-corrected chi connectivity index (χ4v) is 4.41. The second-order valence-corrected chi connectivity index (χ2v) is 6.98. The molecule has 2 saturated heterocycles. The molecule has 2 bridgehead atoms. The number of carbonyl (C=O) groups is 2. The van der Waals surface area contributed by atoms with E-state index in [0.29, 0.717) is 12.1 Å². The number of carbonyl (C=O) groups excluding carboxylic acids is 2. The number of halogens is 1. The summed E-state index contributed by atoms with van der Waals surface area (Å²) in [6.45, 7) is 5.77. The van der Waals surface area contributed by atoms with Gasteiger partial charge in [-0.3, -0.25) is 4.79 Å². The van der Waals surface area contributed by atoms with E-state index in [-0.39, 0.29) is 5.91 Å². The van der Waals surface area contributed by atoms with Crippen LogP contribution in [-0.4, -0.2) is 29.6 Å².